The standard InChI is InChI=1S/C13H17ClN4O/c1-19-7-6-18-12(16-17-13(18)9-15)8-10-2-4-11(14)5-3-10/h2-5H,6-9,15H2,1H3. The average molecular weight is 281 g/mol. The highest BCUT2D eigenvalue weighted by Crippen LogP contribution is 2.13. The molecule has 0 fully saturated rings. The van der Waals surface area contributed by atoms with Crippen LogP contribution in [0.25, 0.3) is 0 Å². The Labute approximate surface area is 117 Å². The van der Waals surface area contributed by atoms with Crippen molar-refractivity contribution in [2.24, 2.45) is 5.73 Å². The number of ether oxygens (including phenoxy) is 1. The van der Waals surface area contributed by atoms with Crippen LogP contribution in [0.3, 0.4) is 0 Å². The van der Waals surface area contributed by atoms with Crippen LogP contribution in [-0.4, -0.2) is 28.5 Å². The Bertz CT molecular complexity index is 524. The molecule has 0 aliphatic carbocycles. The summed E-state index contributed by atoms with van der Waals surface area (Å²) in [6.45, 7) is 1.69. The fraction of sp³-hybridized carbons (Fsp3) is 0.385. The molecule has 0 aliphatic rings. The molecule has 2 rings (SSSR count). The maximum Gasteiger partial charge on any atom is 0.146 e. The third-order valence-corrected chi connectivity index (χ3v) is 3.13. The molecule has 0 bridgehead atoms. The van der Waals surface area contributed by atoms with E-state index in [1.807, 2.05) is 28.8 Å². The molecule has 0 radical (unpaired) electrons. The quantitative estimate of drug-likeness (QED) is 0.873. The van der Waals surface area contributed by atoms with Crippen LogP contribution < -0.4 is 5.73 Å². The van der Waals surface area contributed by atoms with Gasteiger partial charge in [0.2, 0.25) is 0 Å². The number of halogens is 1. The van der Waals surface area contributed by atoms with Crippen LogP contribution in [0.5, 0.6) is 0 Å². The van der Waals surface area contributed by atoms with Crippen molar-refractivity contribution < 1.29 is 4.74 Å². The highest BCUT2D eigenvalue weighted by atomic mass is 35.5. The minimum absolute atomic E-state index is 0.372. The first-order chi connectivity index (χ1) is 9.24. The lowest BCUT2D eigenvalue weighted by Gasteiger charge is -2.09. The van der Waals surface area contributed by atoms with Gasteiger partial charge in [-0.3, -0.25) is 0 Å². The van der Waals surface area contributed by atoms with Crippen molar-refractivity contribution in [1.29, 1.82) is 0 Å². The first kappa shape index (κ1) is 14.0. The van der Waals surface area contributed by atoms with E-state index in [4.69, 9.17) is 22.1 Å². The van der Waals surface area contributed by atoms with Crippen LogP contribution in [0.1, 0.15) is 17.2 Å². The zero-order valence-electron chi connectivity index (χ0n) is 10.8. The molecule has 2 N–H and O–H groups in total. The Hall–Kier alpha value is -1.43. The molecule has 0 saturated carbocycles. The second-order valence-electron chi connectivity index (χ2n) is 4.18. The summed E-state index contributed by atoms with van der Waals surface area (Å²) in [5.74, 6) is 1.67. The molecule has 1 heterocycles. The van der Waals surface area contributed by atoms with Gasteiger partial charge in [-0.05, 0) is 17.7 Å². The highest BCUT2D eigenvalue weighted by molar-refractivity contribution is 6.30. The molecule has 0 saturated heterocycles. The number of hydrogen-bond donors (Lipinski definition) is 1. The number of nitrogens with zero attached hydrogens (tertiary/aromatic N) is 3. The van der Waals surface area contributed by atoms with Crippen molar-refractivity contribution >= 4 is 11.6 Å². The first-order valence-electron chi connectivity index (χ1n) is 6.09. The van der Waals surface area contributed by atoms with Gasteiger partial charge in [-0.1, -0.05) is 23.7 Å². The molecule has 1 aromatic carbocycles. The number of nitrogens with two attached hydrogens (primary N) is 1. The zero-order chi connectivity index (χ0) is 13.7. The van der Waals surface area contributed by atoms with Crippen molar-refractivity contribution in [3.05, 3.63) is 46.5 Å². The Morgan fingerprint density at radius 3 is 2.53 bits per heavy atom. The Morgan fingerprint density at radius 2 is 1.89 bits per heavy atom. The third kappa shape index (κ3) is 3.53. The summed E-state index contributed by atoms with van der Waals surface area (Å²) in [6, 6.07) is 7.72. The summed E-state index contributed by atoms with van der Waals surface area (Å²) in [4.78, 5) is 0. The van der Waals surface area contributed by atoms with Crippen molar-refractivity contribution in [3.63, 3.8) is 0 Å². The molecular weight excluding hydrogens is 264 g/mol. The van der Waals surface area contributed by atoms with Crippen molar-refractivity contribution in [3.8, 4) is 0 Å². The van der Waals surface area contributed by atoms with Gasteiger partial charge in [0.1, 0.15) is 11.6 Å². The summed E-state index contributed by atoms with van der Waals surface area (Å²) in [5, 5.41) is 9.04. The fourth-order valence-electron chi connectivity index (χ4n) is 1.88. The second-order valence-corrected chi connectivity index (χ2v) is 4.62. The van der Waals surface area contributed by atoms with Crippen LogP contribution in [0.15, 0.2) is 24.3 Å². The van der Waals surface area contributed by atoms with E-state index in [1.54, 1.807) is 7.11 Å². The smallest absolute Gasteiger partial charge is 0.146 e. The van der Waals surface area contributed by atoms with Crippen LogP contribution in [0.2, 0.25) is 5.02 Å². The van der Waals surface area contributed by atoms with Gasteiger partial charge in [-0.25, -0.2) is 0 Å². The van der Waals surface area contributed by atoms with Gasteiger partial charge in [0.15, 0.2) is 0 Å². The first-order valence-corrected chi connectivity index (χ1v) is 6.46. The minimum atomic E-state index is 0.372. The molecule has 19 heavy (non-hydrogen) atoms. The largest absolute Gasteiger partial charge is 0.383 e. The number of aromatic nitrogens is 3. The average Bonchev–Trinajstić information content (AvgIpc) is 2.81. The van der Waals surface area contributed by atoms with Gasteiger partial charge in [-0.2, -0.15) is 0 Å². The molecule has 6 heteroatoms. The predicted molar refractivity (Wildman–Crippen MR) is 74.0 cm³/mol. The summed E-state index contributed by atoms with van der Waals surface area (Å²) in [6.07, 6.45) is 0.702. The Balaban J connectivity index is 2.19. The molecule has 0 atom stereocenters. The van der Waals surface area contributed by atoms with E-state index < -0.39 is 0 Å². The maximum absolute atomic E-state index is 5.87. The summed E-state index contributed by atoms with van der Waals surface area (Å²) in [7, 11) is 1.67. The van der Waals surface area contributed by atoms with Crippen LogP contribution in [-0.2, 0) is 24.2 Å². The predicted octanol–water partition coefficient (Wildman–Crippen LogP) is 1.63. The van der Waals surface area contributed by atoms with E-state index in [0.29, 0.717) is 26.1 Å². The zero-order valence-corrected chi connectivity index (χ0v) is 11.6. The molecular formula is C13H17ClN4O. The van der Waals surface area contributed by atoms with Gasteiger partial charge in [0.05, 0.1) is 13.2 Å². The van der Waals surface area contributed by atoms with Gasteiger partial charge in [-0.15, -0.1) is 10.2 Å². The lowest BCUT2D eigenvalue weighted by atomic mass is 10.1. The van der Waals surface area contributed by atoms with Gasteiger partial charge in [0.25, 0.3) is 0 Å². The van der Waals surface area contributed by atoms with Crippen LogP contribution in [0.4, 0.5) is 0 Å². The van der Waals surface area contributed by atoms with Crippen molar-refractivity contribution in [2.45, 2.75) is 19.5 Å². The minimum Gasteiger partial charge on any atom is -0.383 e. The Morgan fingerprint density at radius 1 is 1.21 bits per heavy atom. The normalized spacial score (nSPS) is 10.9. The lowest BCUT2D eigenvalue weighted by Crippen LogP contribution is -2.14. The maximum atomic E-state index is 5.87. The van der Waals surface area contributed by atoms with Crippen molar-refractivity contribution in [2.75, 3.05) is 13.7 Å². The van der Waals surface area contributed by atoms with Crippen molar-refractivity contribution in [1.82, 2.24) is 14.8 Å². The van der Waals surface area contributed by atoms with E-state index in [1.165, 1.54) is 0 Å². The monoisotopic (exact) mass is 280 g/mol. The van der Waals surface area contributed by atoms with E-state index in [9.17, 15) is 0 Å². The van der Waals surface area contributed by atoms with Gasteiger partial charge < -0.3 is 15.0 Å². The molecule has 0 unspecified atom stereocenters. The summed E-state index contributed by atoms with van der Waals surface area (Å²) in [5.41, 5.74) is 6.81. The van der Waals surface area contributed by atoms with E-state index in [-0.39, 0.29) is 0 Å². The molecule has 0 amide bonds. The summed E-state index contributed by atoms with van der Waals surface area (Å²) >= 11 is 5.87. The molecule has 0 spiro atoms. The van der Waals surface area contributed by atoms with Crippen LogP contribution in [0, 0.1) is 0 Å². The molecule has 1 aromatic heterocycles. The topological polar surface area (TPSA) is 66.0 Å². The van der Waals surface area contributed by atoms with Gasteiger partial charge >= 0.3 is 0 Å². The van der Waals surface area contributed by atoms with E-state index >= 15 is 0 Å². The Kier molecular flexibility index (Phi) is 4.90. The fourth-order valence-corrected chi connectivity index (χ4v) is 2.01. The SMILES string of the molecule is COCCn1c(CN)nnc1Cc1ccc(Cl)cc1. The second kappa shape index (κ2) is 6.65. The molecule has 102 valence electrons. The molecule has 0 aliphatic heterocycles. The molecule has 5 nitrogen and oxygen atoms in total. The summed E-state index contributed by atoms with van der Waals surface area (Å²) < 4.78 is 7.11. The van der Waals surface area contributed by atoms with Crippen LogP contribution >= 0.6 is 11.6 Å². The number of hydrogen-bond acceptors (Lipinski definition) is 4. The number of methoxy groups -OCH3 is 1. The van der Waals surface area contributed by atoms with E-state index in [2.05, 4.69) is 10.2 Å². The number of rotatable bonds is 6. The number of benzene rings is 1. The highest BCUT2D eigenvalue weighted by Gasteiger charge is 2.11. The third-order valence-electron chi connectivity index (χ3n) is 2.88. The van der Waals surface area contributed by atoms with Gasteiger partial charge in [0, 0.05) is 25.1 Å². The van der Waals surface area contributed by atoms with E-state index in [0.717, 1.165) is 22.2 Å². The lowest BCUT2D eigenvalue weighted by molar-refractivity contribution is 0.185. The molecule has 2 aromatic rings.